The molecule has 0 aromatic heterocycles. The van der Waals surface area contributed by atoms with Crippen molar-refractivity contribution < 1.29 is 9.53 Å². The zero-order valence-corrected chi connectivity index (χ0v) is 11.7. The molecule has 4 heteroatoms. The van der Waals surface area contributed by atoms with Gasteiger partial charge in [-0.3, -0.25) is 4.79 Å². The molecule has 2 heterocycles. The second-order valence-corrected chi connectivity index (χ2v) is 5.75. The number of fused-ring (bicyclic) bond motifs is 1. The van der Waals surface area contributed by atoms with Crippen molar-refractivity contribution in [3.63, 3.8) is 0 Å². The smallest absolute Gasteiger partial charge is 0.220 e. The number of ether oxygens (including phenoxy) is 1. The van der Waals surface area contributed by atoms with Crippen LogP contribution in [0.4, 0.5) is 0 Å². The van der Waals surface area contributed by atoms with Crippen molar-refractivity contribution in [1.29, 1.82) is 0 Å². The quantitative estimate of drug-likeness (QED) is 0.855. The molecular formula is C16H22N2O2. The van der Waals surface area contributed by atoms with Crippen LogP contribution in [0.15, 0.2) is 24.3 Å². The zero-order chi connectivity index (χ0) is 13.8. The molecule has 0 radical (unpaired) electrons. The molecule has 1 saturated heterocycles. The Morgan fingerprint density at radius 3 is 3.10 bits per heavy atom. The summed E-state index contributed by atoms with van der Waals surface area (Å²) in [5.74, 6) is 1.79. The lowest BCUT2D eigenvalue weighted by Crippen LogP contribution is -2.34. The number of para-hydroxylation sites is 1. The van der Waals surface area contributed by atoms with Gasteiger partial charge in [-0.25, -0.2) is 0 Å². The van der Waals surface area contributed by atoms with Gasteiger partial charge in [0.2, 0.25) is 5.91 Å². The molecule has 1 aromatic carbocycles. The lowest BCUT2D eigenvalue weighted by atomic mass is 10.0. The van der Waals surface area contributed by atoms with Crippen LogP contribution in [-0.4, -0.2) is 31.6 Å². The Hall–Kier alpha value is -1.55. The molecule has 0 saturated carbocycles. The van der Waals surface area contributed by atoms with Crippen molar-refractivity contribution in [2.75, 3.05) is 19.6 Å². The van der Waals surface area contributed by atoms with E-state index in [0.29, 0.717) is 18.9 Å². The summed E-state index contributed by atoms with van der Waals surface area (Å²) in [4.78, 5) is 11.8. The van der Waals surface area contributed by atoms with E-state index in [1.807, 2.05) is 18.2 Å². The number of benzene rings is 1. The summed E-state index contributed by atoms with van der Waals surface area (Å²) in [6.07, 6.45) is 3.80. The molecule has 3 rings (SSSR count). The lowest BCUT2D eigenvalue weighted by Gasteiger charge is -2.13. The average Bonchev–Trinajstić information content (AvgIpc) is 3.11. The fourth-order valence-electron chi connectivity index (χ4n) is 2.98. The van der Waals surface area contributed by atoms with Gasteiger partial charge in [-0.2, -0.15) is 0 Å². The van der Waals surface area contributed by atoms with Crippen LogP contribution in [0.25, 0.3) is 0 Å². The third-order valence-electron chi connectivity index (χ3n) is 4.18. The average molecular weight is 274 g/mol. The number of nitrogens with one attached hydrogen (secondary N) is 2. The fraction of sp³-hybridized carbons (Fsp3) is 0.562. The highest BCUT2D eigenvalue weighted by Crippen LogP contribution is 2.27. The van der Waals surface area contributed by atoms with E-state index in [-0.39, 0.29) is 12.0 Å². The van der Waals surface area contributed by atoms with Crippen LogP contribution in [0.2, 0.25) is 0 Å². The Bertz CT molecular complexity index is 444. The first-order valence-electron chi connectivity index (χ1n) is 7.53. The number of carbonyl (C=O) groups excluding carboxylic acids is 1. The van der Waals surface area contributed by atoms with E-state index < -0.39 is 0 Å². The van der Waals surface area contributed by atoms with E-state index in [0.717, 1.165) is 31.7 Å². The number of hydrogen-bond acceptors (Lipinski definition) is 3. The topological polar surface area (TPSA) is 50.4 Å². The minimum atomic E-state index is 0.0875. The van der Waals surface area contributed by atoms with Gasteiger partial charge in [0.15, 0.2) is 0 Å². The van der Waals surface area contributed by atoms with Crippen LogP contribution in [-0.2, 0) is 11.2 Å². The number of amides is 1. The van der Waals surface area contributed by atoms with Gasteiger partial charge in [-0.15, -0.1) is 0 Å². The molecule has 1 fully saturated rings. The van der Waals surface area contributed by atoms with Crippen LogP contribution in [0.1, 0.15) is 24.8 Å². The summed E-state index contributed by atoms with van der Waals surface area (Å²) in [5, 5.41) is 6.33. The summed E-state index contributed by atoms with van der Waals surface area (Å²) in [6.45, 7) is 2.77. The lowest BCUT2D eigenvalue weighted by molar-refractivity contribution is -0.121. The molecule has 4 nitrogen and oxygen atoms in total. The molecule has 0 spiro atoms. The van der Waals surface area contributed by atoms with Crippen molar-refractivity contribution in [3.8, 4) is 5.75 Å². The second kappa shape index (κ2) is 6.27. The van der Waals surface area contributed by atoms with Gasteiger partial charge in [-0.1, -0.05) is 18.2 Å². The normalized spacial score (nSPS) is 24.2. The minimum absolute atomic E-state index is 0.0875. The van der Waals surface area contributed by atoms with Crippen LogP contribution in [0, 0.1) is 5.92 Å². The molecule has 2 N–H and O–H groups in total. The molecule has 108 valence electrons. The largest absolute Gasteiger partial charge is 0.488 e. The van der Waals surface area contributed by atoms with Crippen molar-refractivity contribution in [2.24, 2.45) is 5.92 Å². The third-order valence-corrected chi connectivity index (χ3v) is 4.18. The molecule has 2 unspecified atom stereocenters. The minimum Gasteiger partial charge on any atom is -0.488 e. The highest BCUT2D eigenvalue weighted by atomic mass is 16.5. The van der Waals surface area contributed by atoms with E-state index in [4.69, 9.17) is 4.74 Å². The summed E-state index contributed by atoms with van der Waals surface area (Å²) < 4.78 is 5.81. The maximum absolute atomic E-state index is 11.8. The Morgan fingerprint density at radius 1 is 1.40 bits per heavy atom. The summed E-state index contributed by atoms with van der Waals surface area (Å²) >= 11 is 0. The van der Waals surface area contributed by atoms with Gasteiger partial charge in [0.05, 0.1) is 6.54 Å². The van der Waals surface area contributed by atoms with E-state index in [2.05, 4.69) is 16.7 Å². The highest BCUT2D eigenvalue weighted by Gasteiger charge is 2.22. The van der Waals surface area contributed by atoms with Crippen LogP contribution in [0.3, 0.4) is 0 Å². The fourth-order valence-corrected chi connectivity index (χ4v) is 2.98. The maximum atomic E-state index is 11.8. The van der Waals surface area contributed by atoms with E-state index >= 15 is 0 Å². The van der Waals surface area contributed by atoms with E-state index in [1.165, 1.54) is 12.0 Å². The Balaban J connectivity index is 1.36. The van der Waals surface area contributed by atoms with Crippen molar-refractivity contribution in [1.82, 2.24) is 10.6 Å². The summed E-state index contributed by atoms with van der Waals surface area (Å²) in [5.41, 5.74) is 1.24. The standard InChI is InChI=1S/C16H22N2O2/c19-16(6-5-12-7-8-17-10-12)18-11-14-9-13-3-1-2-4-15(13)20-14/h1-4,12,14,17H,5-11H2,(H,18,19). The van der Waals surface area contributed by atoms with Crippen LogP contribution < -0.4 is 15.4 Å². The van der Waals surface area contributed by atoms with Gasteiger partial charge in [-0.05, 0) is 43.5 Å². The van der Waals surface area contributed by atoms with Gasteiger partial charge >= 0.3 is 0 Å². The van der Waals surface area contributed by atoms with Gasteiger partial charge in [0.1, 0.15) is 11.9 Å². The zero-order valence-electron chi connectivity index (χ0n) is 11.7. The summed E-state index contributed by atoms with van der Waals surface area (Å²) in [6, 6.07) is 8.09. The van der Waals surface area contributed by atoms with Gasteiger partial charge < -0.3 is 15.4 Å². The number of carbonyl (C=O) groups is 1. The van der Waals surface area contributed by atoms with Crippen molar-refractivity contribution in [3.05, 3.63) is 29.8 Å². The Morgan fingerprint density at radius 2 is 2.30 bits per heavy atom. The molecule has 20 heavy (non-hydrogen) atoms. The SMILES string of the molecule is O=C(CCC1CCNC1)NCC1Cc2ccccc2O1. The molecule has 1 aromatic rings. The second-order valence-electron chi connectivity index (χ2n) is 5.75. The van der Waals surface area contributed by atoms with Crippen LogP contribution >= 0.6 is 0 Å². The van der Waals surface area contributed by atoms with Gasteiger partial charge in [0, 0.05) is 12.8 Å². The number of rotatable bonds is 5. The first kappa shape index (κ1) is 13.4. The monoisotopic (exact) mass is 274 g/mol. The first-order valence-corrected chi connectivity index (χ1v) is 7.53. The predicted molar refractivity (Wildman–Crippen MR) is 77.8 cm³/mol. The molecule has 1 amide bonds. The predicted octanol–water partition coefficient (Wildman–Crippen LogP) is 1.50. The maximum Gasteiger partial charge on any atom is 0.220 e. The van der Waals surface area contributed by atoms with Crippen molar-refractivity contribution in [2.45, 2.75) is 31.8 Å². The van der Waals surface area contributed by atoms with Crippen LogP contribution in [0.5, 0.6) is 5.75 Å². The molecule has 0 bridgehead atoms. The Kier molecular flexibility index (Phi) is 4.21. The first-order chi connectivity index (χ1) is 9.81. The highest BCUT2D eigenvalue weighted by molar-refractivity contribution is 5.75. The number of hydrogen-bond donors (Lipinski definition) is 2. The molecule has 2 aliphatic rings. The summed E-state index contributed by atoms with van der Waals surface area (Å²) in [7, 11) is 0. The van der Waals surface area contributed by atoms with E-state index in [9.17, 15) is 4.79 Å². The molecule has 2 atom stereocenters. The third kappa shape index (κ3) is 3.31. The molecule has 2 aliphatic heterocycles. The Labute approximate surface area is 119 Å². The van der Waals surface area contributed by atoms with Crippen molar-refractivity contribution >= 4 is 5.91 Å². The van der Waals surface area contributed by atoms with Gasteiger partial charge in [0.25, 0.3) is 0 Å². The molecular weight excluding hydrogens is 252 g/mol. The van der Waals surface area contributed by atoms with E-state index in [1.54, 1.807) is 0 Å². The molecule has 0 aliphatic carbocycles.